The number of carbonyl (C=O) groups excluding carboxylic acids is 1. The van der Waals surface area contributed by atoms with Crippen molar-refractivity contribution in [3.05, 3.63) is 65.1 Å². The summed E-state index contributed by atoms with van der Waals surface area (Å²) in [4.78, 5) is 16.8. The average Bonchev–Trinajstić information content (AvgIpc) is 3.19. The Morgan fingerprint density at radius 1 is 1.09 bits per heavy atom. The summed E-state index contributed by atoms with van der Waals surface area (Å²) < 4.78 is 41.7. The molecular formula is C24H26F3N5O. The maximum atomic E-state index is 13.4. The molecule has 2 aromatic heterocycles. The van der Waals surface area contributed by atoms with E-state index in [2.05, 4.69) is 34.6 Å². The Bertz CT molecular complexity index is 1120. The standard InChI is InChI=1S/C24H26F3N5O/c1-15(2)13-28-21-12-7-16(14-29-21)23(33)30-17-8-10-18(11-9-17)32-20-6-4-3-5-19(20)22(31-32)24(25,26)27/h7-12,14-15H,3-6,13H2,1-2H3,(H,28,29)(H,30,33). The molecule has 9 heteroatoms. The van der Waals surface area contributed by atoms with Crippen LogP contribution in [0.15, 0.2) is 42.6 Å². The first kappa shape index (κ1) is 22.8. The molecule has 0 unspecified atom stereocenters. The van der Waals surface area contributed by atoms with Crippen LogP contribution in [0.25, 0.3) is 5.69 Å². The molecular weight excluding hydrogens is 431 g/mol. The number of alkyl halides is 3. The lowest BCUT2D eigenvalue weighted by molar-refractivity contribution is -0.142. The number of halogens is 3. The van der Waals surface area contributed by atoms with E-state index in [4.69, 9.17) is 0 Å². The third-order valence-electron chi connectivity index (χ3n) is 5.54. The fraction of sp³-hybridized carbons (Fsp3) is 0.375. The number of hydrogen-bond donors (Lipinski definition) is 2. The number of aromatic nitrogens is 3. The minimum absolute atomic E-state index is 0.296. The summed E-state index contributed by atoms with van der Waals surface area (Å²) in [5.41, 5.74) is 1.58. The van der Waals surface area contributed by atoms with E-state index in [1.807, 2.05) is 0 Å². The topological polar surface area (TPSA) is 71.8 Å². The summed E-state index contributed by atoms with van der Waals surface area (Å²) in [7, 11) is 0. The quantitative estimate of drug-likeness (QED) is 0.514. The molecule has 174 valence electrons. The molecule has 1 aliphatic carbocycles. The zero-order valence-electron chi connectivity index (χ0n) is 18.5. The SMILES string of the molecule is CC(C)CNc1ccc(C(=O)Nc2ccc(-n3nc(C(F)(F)F)c4c3CCCC4)cc2)cn1. The Balaban J connectivity index is 1.48. The van der Waals surface area contributed by atoms with Crippen LogP contribution in [0.4, 0.5) is 24.7 Å². The van der Waals surface area contributed by atoms with Gasteiger partial charge >= 0.3 is 6.18 Å². The van der Waals surface area contributed by atoms with Gasteiger partial charge in [0.15, 0.2) is 5.69 Å². The van der Waals surface area contributed by atoms with E-state index in [1.165, 1.54) is 10.9 Å². The van der Waals surface area contributed by atoms with E-state index < -0.39 is 11.9 Å². The molecule has 1 aromatic carbocycles. The molecule has 0 bridgehead atoms. The number of carbonyl (C=O) groups is 1. The van der Waals surface area contributed by atoms with E-state index in [0.717, 1.165) is 19.4 Å². The molecule has 2 heterocycles. The molecule has 2 N–H and O–H groups in total. The summed E-state index contributed by atoms with van der Waals surface area (Å²) in [5.74, 6) is 0.858. The maximum Gasteiger partial charge on any atom is 0.435 e. The molecule has 4 rings (SSSR count). The molecule has 0 radical (unpaired) electrons. The average molecular weight is 458 g/mol. The first-order valence-electron chi connectivity index (χ1n) is 11.0. The van der Waals surface area contributed by atoms with Crippen LogP contribution >= 0.6 is 0 Å². The number of nitrogens with zero attached hydrogens (tertiary/aromatic N) is 3. The molecule has 1 aliphatic rings. The van der Waals surface area contributed by atoms with Crippen molar-refractivity contribution in [2.24, 2.45) is 5.92 Å². The van der Waals surface area contributed by atoms with Crippen molar-refractivity contribution in [3.63, 3.8) is 0 Å². The van der Waals surface area contributed by atoms with Crippen molar-refractivity contribution in [1.29, 1.82) is 0 Å². The fourth-order valence-corrected chi connectivity index (χ4v) is 3.87. The van der Waals surface area contributed by atoms with Crippen molar-refractivity contribution >= 4 is 17.4 Å². The van der Waals surface area contributed by atoms with Crippen LogP contribution in [0.3, 0.4) is 0 Å². The van der Waals surface area contributed by atoms with E-state index in [9.17, 15) is 18.0 Å². The monoisotopic (exact) mass is 457 g/mol. The third-order valence-corrected chi connectivity index (χ3v) is 5.54. The zero-order valence-corrected chi connectivity index (χ0v) is 18.5. The van der Waals surface area contributed by atoms with Gasteiger partial charge in [-0.1, -0.05) is 13.8 Å². The van der Waals surface area contributed by atoms with Crippen LogP contribution in [0.1, 0.15) is 54.0 Å². The minimum Gasteiger partial charge on any atom is -0.370 e. The Kier molecular flexibility index (Phi) is 6.40. The second-order valence-electron chi connectivity index (χ2n) is 8.60. The van der Waals surface area contributed by atoms with Crippen LogP contribution in [-0.2, 0) is 19.0 Å². The predicted molar refractivity (Wildman–Crippen MR) is 121 cm³/mol. The molecule has 3 aromatic rings. The van der Waals surface area contributed by atoms with Gasteiger partial charge in [-0.3, -0.25) is 4.79 Å². The summed E-state index contributed by atoms with van der Waals surface area (Å²) in [5, 5.41) is 9.88. The Morgan fingerprint density at radius 2 is 1.82 bits per heavy atom. The maximum absolute atomic E-state index is 13.4. The van der Waals surface area contributed by atoms with Crippen molar-refractivity contribution < 1.29 is 18.0 Å². The van der Waals surface area contributed by atoms with Crippen LogP contribution in [0.2, 0.25) is 0 Å². The van der Waals surface area contributed by atoms with Gasteiger partial charge in [0.1, 0.15) is 5.82 Å². The zero-order chi connectivity index (χ0) is 23.6. The van der Waals surface area contributed by atoms with Crippen molar-refractivity contribution in [2.45, 2.75) is 45.7 Å². The lowest BCUT2D eigenvalue weighted by Gasteiger charge is -2.15. The highest BCUT2D eigenvalue weighted by Gasteiger charge is 2.39. The second-order valence-corrected chi connectivity index (χ2v) is 8.60. The van der Waals surface area contributed by atoms with Gasteiger partial charge < -0.3 is 10.6 Å². The lowest BCUT2D eigenvalue weighted by atomic mass is 9.95. The summed E-state index contributed by atoms with van der Waals surface area (Å²) in [6.45, 7) is 4.97. The molecule has 6 nitrogen and oxygen atoms in total. The van der Waals surface area contributed by atoms with Gasteiger partial charge in [0.05, 0.1) is 11.3 Å². The van der Waals surface area contributed by atoms with Gasteiger partial charge in [-0.25, -0.2) is 9.67 Å². The van der Waals surface area contributed by atoms with Gasteiger partial charge in [0.2, 0.25) is 0 Å². The number of amides is 1. The highest BCUT2D eigenvalue weighted by molar-refractivity contribution is 6.04. The van der Waals surface area contributed by atoms with Gasteiger partial charge in [-0.2, -0.15) is 18.3 Å². The minimum atomic E-state index is -4.48. The molecule has 0 saturated carbocycles. The first-order valence-corrected chi connectivity index (χ1v) is 11.0. The van der Waals surface area contributed by atoms with Crippen molar-refractivity contribution in [1.82, 2.24) is 14.8 Å². The largest absolute Gasteiger partial charge is 0.435 e. The predicted octanol–water partition coefficient (Wildman–Crippen LogP) is 5.49. The molecule has 33 heavy (non-hydrogen) atoms. The van der Waals surface area contributed by atoms with Crippen LogP contribution in [0.5, 0.6) is 0 Å². The summed E-state index contributed by atoms with van der Waals surface area (Å²) in [6.07, 6.45) is -0.458. The number of nitrogens with one attached hydrogen (secondary N) is 2. The highest BCUT2D eigenvalue weighted by atomic mass is 19.4. The Morgan fingerprint density at radius 3 is 2.45 bits per heavy atom. The highest BCUT2D eigenvalue weighted by Crippen LogP contribution is 2.36. The molecule has 0 aliphatic heterocycles. The van der Waals surface area contributed by atoms with E-state index in [0.29, 0.717) is 52.8 Å². The molecule has 0 spiro atoms. The van der Waals surface area contributed by atoms with E-state index in [-0.39, 0.29) is 5.91 Å². The Hall–Kier alpha value is -3.36. The Labute approximate surface area is 190 Å². The number of fused-ring (bicyclic) bond motifs is 1. The molecule has 0 fully saturated rings. The summed E-state index contributed by atoms with van der Waals surface area (Å²) in [6, 6.07) is 10.1. The normalized spacial score (nSPS) is 13.6. The van der Waals surface area contributed by atoms with E-state index in [1.54, 1.807) is 36.4 Å². The molecule has 1 amide bonds. The van der Waals surface area contributed by atoms with Crippen LogP contribution in [0, 0.1) is 5.92 Å². The number of benzene rings is 1. The van der Waals surface area contributed by atoms with Gasteiger partial charge in [0.25, 0.3) is 5.91 Å². The van der Waals surface area contributed by atoms with E-state index >= 15 is 0 Å². The fourth-order valence-electron chi connectivity index (χ4n) is 3.87. The smallest absolute Gasteiger partial charge is 0.370 e. The first-order chi connectivity index (χ1) is 15.7. The molecule has 0 saturated heterocycles. The number of anilines is 2. The van der Waals surface area contributed by atoms with Crippen molar-refractivity contribution in [2.75, 3.05) is 17.2 Å². The van der Waals surface area contributed by atoms with Crippen molar-refractivity contribution in [3.8, 4) is 5.69 Å². The molecule has 0 atom stereocenters. The second kappa shape index (κ2) is 9.25. The third kappa shape index (κ3) is 5.18. The number of rotatable bonds is 6. The van der Waals surface area contributed by atoms with Crippen LogP contribution < -0.4 is 10.6 Å². The number of pyridine rings is 1. The van der Waals surface area contributed by atoms with Gasteiger partial charge in [-0.15, -0.1) is 0 Å². The summed E-state index contributed by atoms with van der Waals surface area (Å²) >= 11 is 0. The van der Waals surface area contributed by atoms with Gasteiger partial charge in [-0.05, 0) is 68.0 Å². The van der Waals surface area contributed by atoms with Gasteiger partial charge in [0, 0.05) is 29.7 Å². The lowest BCUT2D eigenvalue weighted by Crippen LogP contribution is -2.13. The van der Waals surface area contributed by atoms with Crippen LogP contribution in [-0.4, -0.2) is 27.2 Å². The number of hydrogen-bond acceptors (Lipinski definition) is 4.